The standard InChI is InChI=1S/C46H33N5O2/c1-46-30-12-11-21-42(46)53-41-20-10-7-17-38(41)51(46)35-28-24-33(25-29-35)45-48-43(31-13-3-2-4-14-31)47-44(49-45)32-22-26-34(27-23-32)50-36-15-5-8-18-39(36)52-40-19-9-6-16-37(40)50/h2-30,42H,1H3. The first-order valence-corrected chi connectivity index (χ1v) is 17.7. The van der Waals surface area contributed by atoms with Crippen LogP contribution in [-0.2, 0) is 0 Å². The van der Waals surface area contributed by atoms with E-state index in [1.165, 1.54) is 0 Å². The first kappa shape index (κ1) is 30.8. The highest BCUT2D eigenvalue weighted by Crippen LogP contribution is 2.51. The smallest absolute Gasteiger partial charge is 0.164 e. The molecule has 0 saturated heterocycles. The van der Waals surface area contributed by atoms with E-state index in [9.17, 15) is 0 Å². The van der Waals surface area contributed by atoms with Crippen molar-refractivity contribution in [1.82, 2.24) is 15.0 Å². The Balaban J connectivity index is 1.03. The summed E-state index contributed by atoms with van der Waals surface area (Å²) in [6.45, 7) is 2.22. The molecule has 254 valence electrons. The van der Waals surface area contributed by atoms with Gasteiger partial charge in [-0.1, -0.05) is 85.0 Å². The van der Waals surface area contributed by atoms with Crippen molar-refractivity contribution in [1.29, 1.82) is 0 Å². The molecule has 7 aromatic rings. The van der Waals surface area contributed by atoms with E-state index in [4.69, 9.17) is 24.4 Å². The minimum Gasteiger partial charge on any atom is -0.481 e. The van der Waals surface area contributed by atoms with Crippen molar-refractivity contribution in [3.05, 3.63) is 176 Å². The third kappa shape index (κ3) is 5.24. The topological polar surface area (TPSA) is 63.6 Å². The zero-order chi connectivity index (χ0) is 35.4. The minimum atomic E-state index is -0.400. The SMILES string of the molecule is CC12C=CC=CC1Oc1ccccc1N2c1ccc(-c2nc(-c3ccccc3)nc(-c3ccc(N4c5ccccc5Oc5ccccc54)cc3)n2)cc1. The Morgan fingerprint density at radius 3 is 1.58 bits per heavy atom. The third-order valence-corrected chi connectivity index (χ3v) is 10.1. The van der Waals surface area contributed by atoms with Crippen LogP contribution in [0.2, 0.25) is 0 Å². The van der Waals surface area contributed by atoms with Gasteiger partial charge in [0, 0.05) is 28.1 Å². The second-order valence-electron chi connectivity index (χ2n) is 13.5. The summed E-state index contributed by atoms with van der Waals surface area (Å²) in [6.07, 6.45) is 8.37. The van der Waals surface area contributed by atoms with Crippen LogP contribution in [-0.4, -0.2) is 26.6 Å². The Hall–Kier alpha value is -6.99. The zero-order valence-electron chi connectivity index (χ0n) is 28.9. The molecule has 7 heteroatoms. The number of anilines is 5. The van der Waals surface area contributed by atoms with Crippen molar-refractivity contribution in [2.24, 2.45) is 0 Å². The van der Waals surface area contributed by atoms with Crippen molar-refractivity contribution in [3.8, 4) is 51.4 Å². The number of rotatable bonds is 5. The van der Waals surface area contributed by atoms with Gasteiger partial charge < -0.3 is 19.3 Å². The summed E-state index contributed by atoms with van der Waals surface area (Å²) in [5, 5.41) is 0. The van der Waals surface area contributed by atoms with Crippen LogP contribution >= 0.6 is 0 Å². The predicted octanol–water partition coefficient (Wildman–Crippen LogP) is 11.2. The third-order valence-electron chi connectivity index (χ3n) is 10.1. The molecule has 10 rings (SSSR count). The Morgan fingerprint density at radius 1 is 0.491 bits per heavy atom. The van der Waals surface area contributed by atoms with Crippen molar-refractivity contribution in [2.75, 3.05) is 9.80 Å². The summed E-state index contributed by atoms with van der Waals surface area (Å²) in [5.41, 5.74) is 7.37. The number of para-hydroxylation sites is 6. The lowest BCUT2D eigenvalue weighted by Gasteiger charge is -2.49. The summed E-state index contributed by atoms with van der Waals surface area (Å²) >= 11 is 0. The summed E-state index contributed by atoms with van der Waals surface area (Å²) < 4.78 is 12.7. The van der Waals surface area contributed by atoms with Crippen LogP contribution in [0.4, 0.5) is 28.4 Å². The Bertz CT molecular complexity index is 2500. The Kier molecular flexibility index (Phi) is 7.18. The average molecular weight is 688 g/mol. The lowest BCUT2D eigenvalue weighted by molar-refractivity contribution is 0.170. The lowest BCUT2D eigenvalue weighted by Crippen LogP contribution is -2.56. The van der Waals surface area contributed by atoms with Gasteiger partial charge in [0.15, 0.2) is 29.0 Å². The molecular formula is C46H33N5O2. The molecule has 0 N–H and O–H groups in total. The van der Waals surface area contributed by atoms with Crippen LogP contribution < -0.4 is 19.3 Å². The zero-order valence-corrected chi connectivity index (χ0v) is 28.9. The molecule has 6 aromatic carbocycles. The van der Waals surface area contributed by atoms with E-state index < -0.39 is 5.54 Å². The molecule has 0 spiro atoms. The van der Waals surface area contributed by atoms with Crippen LogP contribution in [0, 0.1) is 0 Å². The fourth-order valence-electron chi connectivity index (χ4n) is 7.47. The van der Waals surface area contributed by atoms with E-state index in [-0.39, 0.29) is 6.10 Å². The number of allylic oxidation sites excluding steroid dienone is 2. The molecule has 0 bridgehead atoms. The first-order chi connectivity index (χ1) is 26.1. The number of ether oxygens (including phenoxy) is 2. The molecule has 2 atom stereocenters. The highest BCUT2D eigenvalue weighted by molar-refractivity contribution is 5.86. The van der Waals surface area contributed by atoms with Crippen LogP contribution in [0.5, 0.6) is 17.2 Å². The number of fused-ring (bicyclic) bond motifs is 4. The fraction of sp³-hybridized carbons (Fsp3) is 0.0652. The second-order valence-corrected chi connectivity index (χ2v) is 13.5. The largest absolute Gasteiger partial charge is 0.481 e. The predicted molar refractivity (Wildman–Crippen MR) is 211 cm³/mol. The number of hydrogen-bond donors (Lipinski definition) is 0. The van der Waals surface area contributed by atoms with Gasteiger partial charge in [0.25, 0.3) is 0 Å². The molecule has 7 nitrogen and oxygen atoms in total. The van der Waals surface area contributed by atoms with Gasteiger partial charge in [-0.25, -0.2) is 15.0 Å². The van der Waals surface area contributed by atoms with Crippen molar-refractivity contribution < 1.29 is 9.47 Å². The molecule has 2 unspecified atom stereocenters. The maximum Gasteiger partial charge on any atom is 0.164 e. The van der Waals surface area contributed by atoms with Crippen molar-refractivity contribution >= 4 is 28.4 Å². The van der Waals surface area contributed by atoms with E-state index in [0.717, 1.165) is 62.4 Å². The molecule has 0 fully saturated rings. The molecule has 0 amide bonds. The van der Waals surface area contributed by atoms with Crippen molar-refractivity contribution in [2.45, 2.75) is 18.6 Å². The van der Waals surface area contributed by atoms with Gasteiger partial charge in [-0.2, -0.15) is 0 Å². The monoisotopic (exact) mass is 687 g/mol. The van der Waals surface area contributed by atoms with E-state index >= 15 is 0 Å². The summed E-state index contributed by atoms with van der Waals surface area (Å²) in [4.78, 5) is 19.6. The molecular weight excluding hydrogens is 655 g/mol. The van der Waals surface area contributed by atoms with Gasteiger partial charge in [-0.15, -0.1) is 0 Å². The first-order valence-electron chi connectivity index (χ1n) is 17.7. The lowest BCUT2D eigenvalue weighted by atomic mass is 9.85. The number of aromatic nitrogens is 3. The minimum absolute atomic E-state index is 0.124. The molecule has 3 aliphatic rings. The number of nitrogens with zero attached hydrogens (tertiary/aromatic N) is 5. The quantitative estimate of drug-likeness (QED) is 0.178. The van der Waals surface area contributed by atoms with Gasteiger partial charge in [0.2, 0.25) is 0 Å². The van der Waals surface area contributed by atoms with E-state index in [1.807, 2.05) is 78.9 Å². The van der Waals surface area contributed by atoms with E-state index in [0.29, 0.717) is 17.5 Å². The average Bonchev–Trinajstić information content (AvgIpc) is 3.22. The molecule has 1 aliphatic carbocycles. The number of hydrogen-bond acceptors (Lipinski definition) is 7. The Morgan fingerprint density at radius 2 is 0.981 bits per heavy atom. The molecule has 2 aliphatic heterocycles. The molecule has 53 heavy (non-hydrogen) atoms. The van der Waals surface area contributed by atoms with Crippen LogP contribution in [0.1, 0.15) is 6.92 Å². The van der Waals surface area contributed by atoms with Gasteiger partial charge in [-0.05, 0) is 97.9 Å². The van der Waals surface area contributed by atoms with Gasteiger partial charge in [-0.3, -0.25) is 0 Å². The summed E-state index contributed by atoms with van der Waals surface area (Å²) in [5.74, 6) is 4.31. The van der Waals surface area contributed by atoms with Gasteiger partial charge >= 0.3 is 0 Å². The van der Waals surface area contributed by atoms with Crippen LogP contribution in [0.25, 0.3) is 34.2 Å². The Labute approximate surface area is 307 Å². The fourth-order valence-corrected chi connectivity index (χ4v) is 7.47. The second kappa shape index (κ2) is 12.4. The van der Waals surface area contributed by atoms with E-state index in [1.54, 1.807) is 0 Å². The molecule has 0 radical (unpaired) electrons. The van der Waals surface area contributed by atoms with Crippen LogP contribution in [0.15, 0.2) is 176 Å². The van der Waals surface area contributed by atoms with E-state index in [2.05, 4.69) is 114 Å². The normalized spacial score (nSPS) is 17.9. The summed E-state index contributed by atoms with van der Waals surface area (Å²) in [6, 6.07) is 51.3. The van der Waals surface area contributed by atoms with Crippen LogP contribution in [0.3, 0.4) is 0 Å². The maximum absolute atomic E-state index is 6.45. The highest BCUT2D eigenvalue weighted by Gasteiger charge is 2.45. The number of benzene rings is 6. The summed E-state index contributed by atoms with van der Waals surface area (Å²) in [7, 11) is 0. The molecule has 3 heterocycles. The van der Waals surface area contributed by atoms with Gasteiger partial charge in [0.1, 0.15) is 17.4 Å². The highest BCUT2D eigenvalue weighted by atomic mass is 16.5. The molecule has 0 saturated carbocycles. The maximum atomic E-state index is 6.45. The molecule has 1 aromatic heterocycles. The van der Waals surface area contributed by atoms with Crippen molar-refractivity contribution in [3.63, 3.8) is 0 Å². The van der Waals surface area contributed by atoms with Gasteiger partial charge in [0.05, 0.1) is 17.1 Å².